The largest absolute Gasteiger partial charge is 0.155 e. The third-order valence-electron chi connectivity index (χ3n) is 14.3. The van der Waals surface area contributed by atoms with Gasteiger partial charge in [-0.3, -0.25) is 0 Å². The fourth-order valence-electron chi connectivity index (χ4n) is 11.7. The second-order valence-electron chi connectivity index (χ2n) is 16.7. The average molecular weight is 721 g/mol. The third-order valence-corrected chi connectivity index (χ3v) is 20.4. The van der Waals surface area contributed by atoms with Gasteiger partial charge >= 0.3 is 0 Å². The van der Waals surface area contributed by atoms with Crippen molar-refractivity contribution >= 4 is 56.0 Å². The van der Waals surface area contributed by atoms with E-state index in [1.807, 2.05) is 0 Å². The van der Waals surface area contributed by atoms with E-state index in [2.05, 4.69) is 196 Å². The van der Waals surface area contributed by atoms with Crippen LogP contribution in [0, 0.1) is 0 Å². The molecule has 264 valence electrons. The van der Waals surface area contributed by atoms with Crippen LogP contribution in [0.25, 0.3) is 65.7 Å². The molecule has 2 atom stereocenters. The zero-order valence-corrected chi connectivity index (χ0v) is 32.6. The van der Waals surface area contributed by atoms with E-state index in [1.54, 1.807) is 21.1 Å². The molecule has 2 unspecified atom stereocenters. The molecular weight excluding hydrogens is 677 g/mol. The summed E-state index contributed by atoms with van der Waals surface area (Å²) in [6.07, 6.45) is 5.06. The van der Waals surface area contributed by atoms with Gasteiger partial charge in [-0.2, -0.15) is 0 Å². The van der Waals surface area contributed by atoms with Crippen molar-refractivity contribution in [1.29, 1.82) is 0 Å². The zero-order chi connectivity index (χ0) is 36.8. The first kappa shape index (κ1) is 32.6. The smallest absolute Gasteiger partial charge is 0.0624 e. The summed E-state index contributed by atoms with van der Waals surface area (Å²) >= 11 is 0. The molecule has 0 bridgehead atoms. The van der Waals surface area contributed by atoms with Crippen molar-refractivity contribution in [3.63, 3.8) is 0 Å². The van der Waals surface area contributed by atoms with Crippen LogP contribution < -0.4 is 15.6 Å². The van der Waals surface area contributed by atoms with Gasteiger partial charge in [0, 0.05) is 0 Å². The monoisotopic (exact) mass is 720 g/mol. The van der Waals surface area contributed by atoms with Gasteiger partial charge in [-0.25, -0.2) is 0 Å². The summed E-state index contributed by atoms with van der Waals surface area (Å²) < 4.78 is 0. The van der Waals surface area contributed by atoms with E-state index in [0.29, 0.717) is 0 Å². The zero-order valence-electron chi connectivity index (χ0n) is 31.6. The first-order chi connectivity index (χ1) is 27.0. The quantitative estimate of drug-likeness (QED) is 0.123. The van der Waals surface area contributed by atoms with Crippen molar-refractivity contribution in [2.75, 3.05) is 0 Å². The predicted molar refractivity (Wildman–Crippen MR) is 238 cm³/mol. The lowest BCUT2D eigenvalue weighted by Crippen LogP contribution is -2.72. The molecule has 0 nitrogen and oxygen atoms in total. The third kappa shape index (κ3) is 4.39. The molecule has 0 spiro atoms. The minimum absolute atomic E-state index is 0.0606. The van der Waals surface area contributed by atoms with E-state index in [0.717, 1.165) is 0 Å². The van der Waals surface area contributed by atoms with Gasteiger partial charge in [0.15, 0.2) is 8.07 Å². The molecule has 0 aromatic heterocycles. The van der Waals surface area contributed by atoms with Crippen molar-refractivity contribution in [3.8, 4) is 33.4 Å². The molecule has 1 aliphatic heterocycles. The normalized spacial score (nSPS) is 20.2. The summed E-state index contributed by atoms with van der Waals surface area (Å²) in [5, 5.41) is 12.9. The van der Waals surface area contributed by atoms with Crippen LogP contribution in [0.3, 0.4) is 0 Å². The molecule has 2 aliphatic rings. The van der Waals surface area contributed by atoms with Crippen molar-refractivity contribution in [1.82, 2.24) is 0 Å². The summed E-state index contributed by atoms with van der Waals surface area (Å²) in [6, 6.07) is 69.7. The minimum Gasteiger partial charge on any atom is -0.0624 e. The van der Waals surface area contributed by atoms with Gasteiger partial charge in [-0.15, -0.1) is 0 Å². The average Bonchev–Trinajstić information content (AvgIpc) is 3.44. The van der Waals surface area contributed by atoms with Gasteiger partial charge in [0.1, 0.15) is 0 Å². The summed E-state index contributed by atoms with van der Waals surface area (Å²) in [7, 11) is -2.50. The van der Waals surface area contributed by atoms with E-state index in [4.69, 9.17) is 0 Å². The van der Waals surface area contributed by atoms with E-state index < -0.39 is 8.07 Å². The van der Waals surface area contributed by atoms with Gasteiger partial charge in [-0.05, 0) is 116 Å². The van der Waals surface area contributed by atoms with Crippen LogP contribution in [0.5, 0.6) is 0 Å². The maximum Gasteiger partial charge on any atom is 0.155 e. The Morgan fingerprint density at radius 2 is 0.927 bits per heavy atom. The molecule has 0 amide bonds. The van der Waals surface area contributed by atoms with Gasteiger partial charge in [0.05, 0.1) is 0 Å². The highest BCUT2D eigenvalue weighted by atomic mass is 28.3. The SMILES string of the molecule is CC12CCCCC1(C)[Si](c1ccccc1)(c1ccccc1)c1ccc(-c3cc(-c4ccccc4)c4ccc5ccc(-c6ccccc6)c6ccc3c4c56)cc12. The highest BCUT2D eigenvalue weighted by molar-refractivity contribution is 7.14. The molecule has 9 aromatic rings. The molecule has 1 fully saturated rings. The van der Waals surface area contributed by atoms with Crippen LogP contribution in [0.1, 0.15) is 45.1 Å². The molecule has 9 aromatic carbocycles. The lowest BCUT2D eigenvalue weighted by molar-refractivity contribution is 0.241. The van der Waals surface area contributed by atoms with Crippen LogP contribution >= 0.6 is 0 Å². The maximum absolute atomic E-state index is 2.69. The summed E-state index contributed by atoms with van der Waals surface area (Å²) in [6.45, 7) is 5.33. The Hall–Kier alpha value is -5.76. The predicted octanol–water partition coefficient (Wildman–Crippen LogP) is 12.7. The van der Waals surface area contributed by atoms with E-state index in [9.17, 15) is 0 Å². The second-order valence-corrected chi connectivity index (χ2v) is 21.0. The molecular formula is C54H44Si. The van der Waals surface area contributed by atoms with Crippen molar-refractivity contribution in [2.24, 2.45) is 0 Å². The van der Waals surface area contributed by atoms with Crippen LogP contribution in [0.15, 0.2) is 182 Å². The van der Waals surface area contributed by atoms with Crippen LogP contribution in [0.2, 0.25) is 5.04 Å². The first-order valence-corrected chi connectivity index (χ1v) is 22.1. The van der Waals surface area contributed by atoms with E-state index in [-0.39, 0.29) is 10.5 Å². The molecule has 0 radical (unpaired) electrons. The molecule has 1 saturated carbocycles. The van der Waals surface area contributed by atoms with Crippen molar-refractivity contribution < 1.29 is 0 Å². The molecule has 1 heteroatoms. The summed E-state index contributed by atoms with van der Waals surface area (Å²) in [4.78, 5) is 0. The summed E-state index contributed by atoms with van der Waals surface area (Å²) in [5.41, 5.74) is 9.42. The Morgan fingerprint density at radius 1 is 0.418 bits per heavy atom. The fraction of sp³-hybridized carbons (Fsp3) is 0.148. The van der Waals surface area contributed by atoms with Gasteiger partial charge in [0.25, 0.3) is 0 Å². The molecule has 0 N–H and O–H groups in total. The Balaban J connectivity index is 1.23. The highest BCUT2D eigenvalue weighted by Gasteiger charge is 2.68. The Kier molecular flexibility index (Phi) is 7.19. The first-order valence-electron chi connectivity index (χ1n) is 20.1. The van der Waals surface area contributed by atoms with Crippen LogP contribution in [-0.2, 0) is 5.41 Å². The molecule has 1 heterocycles. The molecule has 1 aliphatic carbocycles. The maximum atomic E-state index is 2.69. The number of fused-ring (bicyclic) bond motifs is 3. The van der Waals surface area contributed by atoms with E-state index >= 15 is 0 Å². The Bertz CT molecular complexity index is 2840. The Labute approximate surface area is 325 Å². The molecule has 55 heavy (non-hydrogen) atoms. The molecule has 11 rings (SSSR count). The van der Waals surface area contributed by atoms with Crippen molar-refractivity contribution in [2.45, 2.75) is 50.0 Å². The van der Waals surface area contributed by atoms with Crippen LogP contribution in [-0.4, -0.2) is 8.07 Å². The topological polar surface area (TPSA) is 0 Å². The lowest BCUT2D eigenvalue weighted by atomic mass is 9.64. The summed E-state index contributed by atoms with van der Waals surface area (Å²) in [5.74, 6) is 0. The Morgan fingerprint density at radius 3 is 1.56 bits per heavy atom. The van der Waals surface area contributed by atoms with Crippen molar-refractivity contribution in [3.05, 3.63) is 188 Å². The fourth-order valence-corrected chi connectivity index (χ4v) is 18.6. The number of benzene rings is 9. The second kappa shape index (κ2) is 12.1. The molecule has 0 saturated heterocycles. The standard InChI is InChI=1S/C54H44Si/c1-53-33-15-16-34-54(53,2)55(41-21-11-5-12-22-41,42-23-13-6-14-24-42)50-32-27-40(35-49(50)53)48-36-47(38-19-9-4-10-20-38)45-29-26-39-25-28-43(37-17-7-3-8-18-37)44-30-31-46(48)52(45)51(39)44/h3-14,17-32,35-36H,15-16,33-34H2,1-2H3. The van der Waals surface area contributed by atoms with Gasteiger partial charge in [-0.1, -0.05) is 203 Å². The minimum atomic E-state index is -2.50. The lowest BCUT2D eigenvalue weighted by Gasteiger charge is -2.54. The highest BCUT2D eigenvalue weighted by Crippen LogP contribution is 2.65. The van der Waals surface area contributed by atoms with Gasteiger partial charge < -0.3 is 0 Å². The number of hydrogen-bond acceptors (Lipinski definition) is 0. The van der Waals surface area contributed by atoms with E-state index in [1.165, 1.54) is 91.4 Å². The van der Waals surface area contributed by atoms with Gasteiger partial charge in [0.2, 0.25) is 0 Å². The number of rotatable bonds is 5. The van der Waals surface area contributed by atoms with Crippen LogP contribution in [0.4, 0.5) is 0 Å². The number of hydrogen-bond donors (Lipinski definition) is 0.